The Morgan fingerprint density at radius 3 is 2.55 bits per heavy atom. The number of hydrogen-bond acceptors (Lipinski definition) is 3. The highest BCUT2D eigenvalue weighted by Crippen LogP contribution is 2.25. The molecule has 0 saturated carbocycles. The van der Waals surface area contributed by atoms with Crippen LogP contribution in [0.25, 0.3) is 10.9 Å². The highest BCUT2D eigenvalue weighted by molar-refractivity contribution is 6.02. The van der Waals surface area contributed by atoms with Crippen LogP contribution in [0.3, 0.4) is 0 Å². The summed E-state index contributed by atoms with van der Waals surface area (Å²) in [6, 6.07) is 21.0. The van der Waals surface area contributed by atoms with Crippen molar-refractivity contribution < 1.29 is 14.0 Å². The van der Waals surface area contributed by atoms with Crippen molar-refractivity contribution in [2.45, 2.75) is 20.4 Å². The van der Waals surface area contributed by atoms with Gasteiger partial charge in [-0.15, -0.1) is 0 Å². The molecule has 0 spiro atoms. The molecule has 33 heavy (non-hydrogen) atoms. The van der Waals surface area contributed by atoms with E-state index in [9.17, 15) is 14.0 Å². The van der Waals surface area contributed by atoms with Gasteiger partial charge in [-0.25, -0.2) is 9.82 Å². The predicted molar refractivity (Wildman–Crippen MR) is 128 cm³/mol. The Kier molecular flexibility index (Phi) is 6.31. The number of hydrogen-bond donors (Lipinski definition) is 2. The Balaban J connectivity index is 1.57. The average molecular weight is 442 g/mol. The third kappa shape index (κ3) is 4.98. The van der Waals surface area contributed by atoms with Crippen molar-refractivity contribution in [3.8, 4) is 0 Å². The zero-order chi connectivity index (χ0) is 23.4. The lowest BCUT2D eigenvalue weighted by atomic mass is 10.1. The number of carbonyl (C=O) groups is 2. The standard InChI is InChI=1S/C26H23FN4O2/c1-17-24(15-28-30-26(33)20-6-5-7-22(14-20)29-18(2)32)23-8-3-4-9-25(23)31(17)16-19-10-12-21(27)13-11-19/h3-15H,16H2,1-2H3,(H,29,32)(H,30,33)/b28-15-. The molecule has 0 aliphatic heterocycles. The summed E-state index contributed by atoms with van der Waals surface area (Å²) < 4.78 is 15.4. The largest absolute Gasteiger partial charge is 0.340 e. The summed E-state index contributed by atoms with van der Waals surface area (Å²) in [5, 5.41) is 7.83. The number of halogens is 1. The zero-order valence-corrected chi connectivity index (χ0v) is 18.3. The number of amides is 2. The Hall–Kier alpha value is -4.26. The first-order valence-corrected chi connectivity index (χ1v) is 10.5. The SMILES string of the molecule is CC(=O)Nc1cccc(C(=O)N/N=C\c2c(C)n(Cc3ccc(F)cc3)c3ccccc23)c1. The van der Waals surface area contributed by atoms with Crippen LogP contribution in [0.4, 0.5) is 10.1 Å². The van der Waals surface area contributed by atoms with Gasteiger partial charge in [0.25, 0.3) is 5.91 Å². The molecule has 0 radical (unpaired) electrons. The fourth-order valence-corrected chi connectivity index (χ4v) is 3.76. The van der Waals surface area contributed by atoms with E-state index in [1.165, 1.54) is 19.1 Å². The number of carbonyl (C=O) groups excluding carboxylic acids is 2. The van der Waals surface area contributed by atoms with Crippen LogP contribution in [-0.4, -0.2) is 22.6 Å². The van der Waals surface area contributed by atoms with Gasteiger partial charge in [-0.05, 0) is 48.9 Å². The number of nitrogens with zero attached hydrogens (tertiary/aromatic N) is 2. The molecule has 3 aromatic carbocycles. The molecule has 0 aliphatic rings. The number of nitrogens with one attached hydrogen (secondary N) is 2. The van der Waals surface area contributed by atoms with Crippen LogP contribution in [-0.2, 0) is 11.3 Å². The molecule has 2 amide bonds. The van der Waals surface area contributed by atoms with Crippen LogP contribution in [0.5, 0.6) is 0 Å². The number of benzene rings is 3. The first-order chi connectivity index (χ1) is 15.9. The summed E-state index contributed by atoms with van der Waals surface area (Å²) >= 11 is 0. The molecule has 0 aliphatic carbocycles. The lowest BCUT2D eigenvalue weighted by molar-refractivity contribution is -0.114. The van der Waals surface area contributed by atoms with Crippen LogP contribution >= 0.6 is 0 Å². The minimum Gasteiger partial charge on any atom is -0.340 e. The second-order valence-corrected chi connectivity index (χ2v) is 7.69. The van der Waals surface area contributed by atoms with Crippen molar-refractivity contribution in [3.05, 3.63) is 101 Å². The van der Waals surface area contributed by atoms with Crippen LogP contribution in [0.2, 0.25) is 0 Å². The number of anilines is 1. The van der Waals surface area contributed by atoms with Gasteiger partial charge in [-0.2, -0.15) is 5.10 Å². The van der Waals surface area contributed by atoms with Crippen LogP contribution in [0.1, 0.15) is 34.1 Å². The Morgan fingerprint density at radius 2 is 1.79 bits per heavy atom. The van der Waals surface area contributed by atoms with Crippen molar-refractivity contribution in [2.75, 3.05) is 5.32 Å². The quantitative estimate of drug-likeness (QED) is 0.331. The van der Waals surface area contributed by atoms with Crippen LogP contribution < -0.4 is 10.7 Å². The second kappa shape index (κ2) is 9.48. The maximum atomic E-state index is 13.3. The Morgan fingerprint density at radius 1 is 1.03 bits per heavy atom. The van der Waals surface area contributed by atoms with E-state index in [4.69, 9.17) is 0 Å². The topological polar surface area (TPSA) is 75.5 Å². The van der Waals surface area contributed by atoms with E-state index in [0.717, 1.165) is 27.7 Å². The molecule has 0 atom stereocenters. The molecule has 0 saturated heterocycles. The Labute approximate surface area is 190 Å². The first-order valence-electron chi connectivity index (χ1n) is 10.5. The lowest BCUT2D eigenvalue weighted by Gasteiger charge is -2.09. The van der Waals surface area contributed by atoms with Crippen molar-refractivity contribution in [3.63, 3.8) is 0 Å². The molecule has 6 nitrogen and oxygen atoms in total. The van der Waals surface area contributed by atoms with E-state index in [2.05, 4.69) is 20.4 Å². The number of aromatic nitrogens is 1. The highest BCUT2D eigenvalue weighted by atomic mass is 19.1. The number of fused-ring (bicyclic) bond motifs is 1. The van der Waals surface area contributed by atoms with Gasteiger partial charge >= 0.3 is 0 Å². The molecule has 4 aromatic rings. The summed E-state index contributed by atoms with van der Waals surface area (Å²) in [7, 11) is 0. The maximum absolute atomic E-state index is 13.3. The Bertz CT molecular complexity index is 1360. The summed E-state index contributed by atoms with van der Waals surface area (Å²) in [5.41, 5.74) is 7.35. The summed E-state index contributed by atoms with van der Waals surface area (Å²) in [6.45, 7) is 3.98. The lowest BCUT2D eigenvalue weighted by Crippen LogP contribution is -2.18. The number of para-hydroxylation sites is 1. The smallest absolute Gasteiger partial charge is 0.271 e. The van der Waals surface area contributed by atoms with Crippen molar-refractivity contribution >= 4 is 34.6 Å². The molecule has 0 bridgehead atoms. The van der Waals surface area contributed by atoms with E-state index in [1.54, 1.807) is 42.6 Å². The fraction of sp³-hybridized carbons (Fsp3) is 0.115. The van der Waals surface area contributed by atoms with Gasteiger partial charge < -0.3 is 9.88 Å². The second-order valence-electron chi connectivity index (χ2n) is 7.69. The van der Waals surface area contributed by atoms with E-state index >= 15 is 0 Å². The van der Waals surface area contributed by atoms with Gasteiger partial charge in [0.05, 0.1) is 6.21 Å². The van der Waals surface area contributed by atoms with Crippen molar-refractivity contribution in [1.29, 1.82) is 0 Å². The van der Waals surface area contributed by atoms with E-state index < -0.39 is 0 Å². The van der Waals surface area contributed by atoms with Gasteiger partial charge in [0.1, 0.15) is 5.82 Å². The summed E-state index contributed by atoms with van der Waals surface area (Å²) in [5.74, 6) is -0.858. The monoisotopic (exact) mass is 442 g/mol. The third-order valence-electron chi connectivity index (χ3n) is 5.34. The minimum atomic E-state index is -0.383. The molecule has 0 unspecified atom stereocenters. The zero-order valence-electron chi connectivity index (χ0n) is 18.3. The number of hydrazone groups is 1. The maximum Gasteiger partial charge on any atom is 0.271 e. The third-order valence-corrected chi connectivity index (χ3v) is 5.34. The van der Waals surface area contributed by atoms with E-state index in [0.29, 0.717) is 17.8 Å². The summed E-state index contributed by atoms with van der Waals surface area (Å²) in [6.07, 6.45) is 1.63. The first kappa shape index (κ1) is 22.0. The van der Waals surface area contributed by atoms with E-state index in [1.807, 2.05) is 31.2 Å². The van der Waals surface area contributed by atoms with E-state index in [-0.39, 0.29) is 17.6 Å². The molecule has 2 N–H and O–H groups in total. The number of rotatable bonds is 6. The normalized spacial score (nSPS) is 11.1. The van der Waals surface area contributed by atoms with Crippen molar-refractivity contribution in [1.82, 2.24) is 9.99 Å². The minimum absolute atomic E-state index is 0.210. The van der Waals surface area contributed by atoms with Crippen LogP contribution in [0, 0.1) is 12.7 Å². The molecule has 1 aromatic heterocycles. The molecular formula is C26H23FN4O2. The van der Waals surface area contributed by atoms with Gasteiger partial charge in [0.2, 0.25) is 5.91 Å². The van der Waals surface area contributed by atoms with Gasteiger partial charge in [0, 0.05) is 46.9 Å². The average Bonchev–Trinajstić information content (AvgIpc) is 3.06. The van der Waals surface area contributed by atoms with Gasteiger partial charge in [-0.3, -0.25) is 9.59 Å². The fourth-order valence-electron chi connectivity index (χ4n) is 3.76. The van der Waals surface area contributed by atoms with Crippen molar-refractivity contribution in [2.24, 2.45) is 5.10 Å². The summed E-state index contributed by atoms with van der Waals surface area (Å²) in [4.78, 5) is 23.8. The highest BCUT2D eigenvalue weighted by Gasteiger charge is 2.13. The molecule has 0 fully saturated rings. The molecule has 1 heterocycles. The molecule has 166 valence electrons. The van der Waals surface area contributed by atoms with Crippen LogP contribution in [0.15, 0.2) is 77.9 Å². The predicted octanol–water partition coefficient (Wildman–Crippen LogP) is 4.86. The van der Waals surface area contributed by atoms with Gasteiger partial charge in [0.15, 0.2) is 0 Å². The molecular weight excluding hydrogens is 419 g/mol. The van der Waals surface area contributed by atoms with Gasteiger partial charge in [-0.1, -0.05) is 36.4 Å². The molecule has 4 rings (SSSR count). The molecule has 7 heteroatoms.